The third-order valence-electron chi connectivity index (χ3n) is 4.59. The minimum absolute atomic E-state index is 0.0454. The largest absolute Gasteiger partial charge is 0.507 e. The van der Waals surface area contributed by atoms with Crippen LogP contribution >= 0.6 is 11.6 Å². The van der Waals surface area contributed by atoms with Crippen LogP contribution in [0.5, 0.6) is 11.5 Å². The van der Waals surface area contributed by atoms with E-state index in [0.29, 0.717) is 27.8 Å². The number of carbonyl (C=O) groups is 1. The van der Waals surface area contributed by atoms with Gasteiger partial charge in [0.05, 0.1) is 12.7 Å². The molecular weight excluding hydrogens is 392 g/mol. The molecule has 1 amide bonds. The number of ether oxygens (including phenoxy) is 1. The Morgan fingerprint density at radius 3 is 2.66 bits per heavy atom. The first-order chi connectivity index (χ1) is 14.0. The van der Waals surface area contributed by atoms with Crippen LogP contribution in [0.4, 0.5) is 5.69 Å². The summed E-state index contributed by atoms with van der Waals surface area (Å²) in [5.41, 5.74) is 1.52. The SMILES string of the molecule is COc1cccc(O)c1-c1nc2ncccn2c1C(=O)N(C)c1ccc(Cl)cc1. The molecule has 2 aromatic heterocycles. The van der Waals surface area contributed by atoms with Gasteiger partial charge in [0.1, 0.15) is 22.9 Å². The summed E-state index contributed by atoms with van der Waals surface area (Å²) in [5.74, 6) is 0.362. The van der Waals surface area contributed by atoms with E-state index >= 15 is 0 Å². The first-order valence-electron chi connectivity index (χ1n) is 8.74. The van der Waals surface area contributed by atoms with Crippen molar-refractivity contribution >= 4 is 29.0 Å². The molecule has 8 heteroatoms. The molecule has 4 rings (SSSR count). The molecule has 0 aliphatic heterocycles. The van der Waals surface area contributed by atoms with Crippen molar-refractivity contribution in [3.05, 3.63) is 71.6 Å². The van der Waals surface area contributed by atoms with Crippen molar-refractivity contribution in [1.82, 2.24) is 14.4 Å². The summed E-state index contributed by atoms with van der Waals surface area (Å²) in [6.45, 7) is 0. The van der Waals surface area contributed by atoms with Crippen LogP contribution < -0.4 is 9.64 Å². The zero-order valence-corrected chi connectivity index (χ0v) is 16.5. The normalized spacial score (nSPS) is 10.9. The molecule has 0 saturated heterocycles. The van der Waals surface area contributed by atoms with E-state index in [9.17, 15) is 9.90 Å². The minimum Gasteiger partial charge on any atom is -0.507 e. The molecule has 0 saturated carbocycles. The summed E-state index contributed by atoms with van der Waals surface area (Å²) < 4.78 is 6.99. The second-order valence-corrected chi connectivity index (χ2v) is 6.73. The molecule has 2 aromatic carbocycles. The number of amides is 1. The number of hydrogen-bond donors (Lipinski definition) is 1. The average molecular weight is 409 g/mol. The summed E-state index contributed by atoms with van der Waals surface area (Å²) in [5, 5.41) is 11.1. The summed E-state index contributed by atoms with van der Waals surface area (Å²) in [6, 6.07) is 13.5. The summed E-state index contributed by atoms with van der Waals surface area (Å²) >= 11 is 5.96. The molecule has 4 aromatic rings. The van der Waals surface area contributed by atoms with Crippen LogP contribution in [0, 0.1) is 0 Å². The number of fused-ring (bicyclic) bond motifs is 1. The zero-order valence-electron chi connectivity index (χ0n) is 15.7. The van der Waals surface area contributed by atoms with E-state index in [1.54, 1.807) is 66.3 Å². The highest BCUT2D eigenvalue weighted by molar-refractivity contribution is 6.30. The Morgan fingerprint density at radius 2 is 1.93 bits per heavy atom. The Labute approximate surface area is 171 Å². The number of phenolic OH excluding ortho intramolecular Hbond substituents is 1. The van der Waals surface area contributed by atoms with Crippen LogP contribution in [-0.2, 0) is 0 Å². The monoisotopic (exact) mass is 408 g/mol. The number of nitrogens with zero attached hydrogens (tertiary/aromatic N) is 4. The van der Waals surface area contributed by atoms with E-state index in [4.69, 9.17) is 16.3 Å². The van der Waals surface area contributed by atoms with Gasteiger partial charge in [-0.1, -0.05) is 17.7 Å². The van der Waals surface area contributed by atoms with Crippen molar-refractivity contribution < 1.29 is 14.6 Å². The Balaban J connectivity index is 1.94. The van der Waals surface area contributed by atoms with Gasteiger partial charge in [0.2, 0.25) is 5.78 Å². The number of anilines is 1. The second-order valence-electron chi connectivity index (χ2n) is 6.29. The smallest absolute Gasteiger partial charge is 0.277 e. The van der Waals surface area contributed by atoms with E-state index in [0.717, 1.165) is 0 Å². The van der Waals surface area contributed by atoms with Gasteiger partial charge in [-0.25, -0.2) is 9.97 Å². The lowest BCUT2D eigenvalue weighted by atomic mass is 10.1. The molecule has 0 aliphatic rings. The van der Waals surface area contributed by atoms with Crippen LogP contribution in [-0.4, -0.2) is 39.5 Å². The van der Waals surface area contributed by atoms with Crippen LogP contribution in [0.2, 0.25) is 5.02 Å². The van der Waals surface area contributed by atoms with Crippen molar-refractivity contribution in [2.24, 2.45) is 0 Å². The standard InChI is InChI=1S/C21H17ClN4O3/c1-25(14-9-7-13(22)8-10-14)20(28)19-18(24-21-23-11-4-12-26(19)21)17-15(27)5-3-6-16(17)29-2/h3-12,27H,1-2H3. The van der Waals surface area contributed by atoms with Gasteiger partial charge in [0.15, 0.2) is 0 Å². The van der Waals surface area contributed by atoms with Gasteiger partial charge in [-0.3, -0.25) is 9.20 Å². The first kappa shape index (κ1) is 18.8. The van der Waals surface area contributed by atoms with E-state index in [2.05, 4.69) is 9.97 Å². The van der Waals surface area contributed by atoms with Crippen LogP contribution in [0.3, 0.4) is 0 Å². The maximum Gasteiger partial charge on any atom is 0.277 e. The Hall–Kier alpha value is -3.58. The average Bonchev–Trinajstić information content (AvgIpc) is 3.12. The summed E-state index contributed by atoms with van der Waals surface area (Å²) in [6.07, 6.45) is 3.29. The molecule has 29 heavy (non-hydrogen) atoms. The highest BCUT2D eigenvalue weighted by atomic mass is 35.5. The minimum atomic E-state index is -0.326. The van der Waals surface area contributed by atoms with Gasteiger partial charge in [-0.05, 0) is 42.5 Å². The molecular formula is C21H17ClN4O3. The van der Waals surface area contributed by atoms with Crippen molar-refractivity contribution in [2.45, 2.75) is 0 Å². The summed E-state index contributed by atoms with van der Waals surface area (Å²) in [4.78, 5) is 23.7. The molecule has 146 valence electrons. The van der Waals surface area contributed by atoms with E-state index in [1.165, 1.54) is 18.1 Å². The molecule has 7 nitrogen and oxygen atoms in total. The second kappa shape index (κ2) is 7.44. The van der Waals surface area contributed by atoms with Crippen LogP contribution in [0.25, 0.3) is 17.0 Å². The fourth-order valence-corrected chi connectivity index (χ4v) is 3.26. The van der Waals surface area contributed by atoms with Gasteiger partial charge >= 0.3 is 0 Å². The number of methoxy groups -OCH3 is 1. The molecule has 0 aliphatic carbocycles. The molecule has 0 bridgehead atoms. The number of imidazole rings is 1. The van der Waals surface area contributed by atoms with E-state index in [1.807, 2.05) is 0 Å². The van der Waals surface area contributed by atoms with Crippen LogP contribution in [0.1, 0.15) is 10.5 Å². The third kappa shape index (κ3) is 3.25. The maximum atomic E-state index is 13.5. The number of aromatic hydroxyl groups is 1. The predicted octanol–water partition coefficient (Wildman–Crippen LogP) is 4.04. The van der Waals surface area contributed by atoms with Crippen molar-refractivity contribution in [2.75, 3.05) is 19.1 Å². The quantitative estimate of drug-likeness (QED) is 0.551. The molecule has 0 spiro atoms. The number of halogens is 1. The lowest BCUT2D eigenvalue weighted by Gasteiger charge is -2.18. The number of benzene rings is 2. The zero-order chi connectivity index (χ0) is 20.5. The first-order valence-corrected chi connectivity index (χ1v) is 9.12. The number of aromatic nitrogens is 3. The van der Waals surface area contributed by atoms with Gasteiger partial charge in [-0.15, -0.1) is 0 Å². The lowest BCUT2D eigenvalue weighted by molar-refractivity contribution is 0.0988. The number of phenols is 1. The van der Waals surface area contributed by atoms with Gasteiger partial charge < -0.3 is 14.7 Å². The Morgan fingerprint density at radius 1 is 1.17 bits per heavy atom. The highest BCUT2D eigenvalue weighted by Gasteiger charge is 2.28. The maximum absolute atomic E-state index is 13.5. The Kier molecular flexibility index (Phi) is 4.82. The van der Waals surface area contributed by atoms with Crippen LogP contribution in [0.15, 0.2) is 60.9 Å². The number of hydrogen-bond acceptors (Lipinski definition) is 5. The highest BCUT2D eigenvalue weighted by Crippen LogP contribution is 2.39. The molecule has 0 radical (unpaired) electrons. The lowest BCUT2D eigenvalue weighted by Crippen LogP contribution is -2.28. The van der Waals surface area contributed by atoms with Crippen molar-refractivity contribution in [1.29, 1.82) is 0 Å². The molecule has 2 heterocycles. The molecule has 0 unspecified atom stereocenters. The molecule has 0 atom stereocenters. The fraction of sp³-hybridized carbons (Fsp3) is 0.0952. The number of carbonyl (C=O) groups excluding carboxylic acids is 1. The molecule has 1 N–H and O–H groups in total. The summed E-state index contributed by atoms with van der Waals surface area (Å²) in [7, 11) is 3.15. The van der Waals surface area contributed by atoms with Crippen molar-refractivity contribution in [3.8, 4) is 22.8 Å². The van der Waals surface area contributed by atoms with E-state index < -0.39 is 0 Å². The van der Waals surface area contributed by atoms with E-state index in [-0.39, 0.29) is 23.0 Å². The Bertz CT molecular complexity index is 1200. The fourth-order valence-electron chi connectivity index (χ4n) is 3.13. The van der Waals surface area contributed by atoms with Gasteiger partial charge in [0.25, 0.3) is 5.91 Å². The third-order valence-corrected chi connectivity index (χ3v) is 4.84. The van der Waals surface area contributed by atoms with Gasteiger partial charge in [0, 0.05) is 30.2 Å². The topological polar surface area (TPSA) is 80.0 Å². The molecule has 0 fully saturated rings. The van der Waals surface area contributed by atoms with Crippen molar-refractivity contribution in [3.63, 3.8) is 0 Å². The predicted molar refractivity (Wildman–Crippen MR) is 111 cm³/mol. The number of rotatable bonds is 4. The van der Waals surface area contributed by atoms with Gasteiger partial charge in [-0.2, -0.15) is 0 Å².